The van der Waals surface area contributed by atoms with Gasteiger partial charge in [-0.05, 0) is 17.5 Å². The van der Waals surface area contributed by atoms with Crippen LogP contribution < -0.4 is 10.1 Å². The lowest BCUT2D eigenvalue weighted by molar-refractivity contribution is -0.113. The monoisotopic (exact) mass is 434 g/mol. The van der Waals surface area contributed by atoms with Gasteiger partial charge in [0, 0.05) is 10.9 Å². The van der Waals surface area contributed by atoms with Crippen LogP contribution in [0.25, 0.3) is 11.3 Å². The molecular formula is C16H17BrClFN2O2S. The number of hydrogen-bond acceptors (Lipinski definition) is 4. The summed E-state index contributed by atoms with van der Waals surface area (Å²) in [4.78, 5) is 15.6. The van der Waals surface area contributed by atoms with Crippen LogP contribution in [0.1, 0.15) is 20.8 Å². The summed E-state index contributed by atoms with van der Waals surface area (Å²) in [6, 6.07) is 2.93. The Hall–Kier alpha value is -1.18. The number of nitrogens with zero attached hydrogens (tertiary/aromatic N) is 1. The molecule has 0 fully saturated rings. The summed E-state index contributed by atoms with van der Waals surface area (Å²) in [5.74, 6) is -0.703. The molecule has 1 aromatic heterocycles. The van der Waals surface area contributed by atoms with E-state index in [2.05, 4.69) is 26.2 Å². The summed E-state index contributed by atoms with van der Waals surface area (Å²) in [6.45, 7) is 6.32. The van der Waals surface area contributed by atoms with Gasteiger partial charge in [-0.2, -0.15) is 0 Å². The highest BCUT2D eigenvalue weighted by atomic mass is 79.9. The van der Waals surface area contributed by atoms with Crippen molar-refractivity contribution in [1.29, 1.82) is 0 Å². The maximum Gasteiger partial charge on any atom is 0.236 e. The van der Waals surface area contributed by atoms with Gasteiger partial charge in [0.15, 0.2) is 16.7 Å². The Morgan fingerprint density at radius 3 is 2.75 bits per heavy atom. The van der Waals surface area contributed by atoms with Gasteiger partial charge in [-0.15, -0.1) is 11.3 Å². The Kier molecular flexibility index (Phi) is 6.22. The van der Waals surface area contributed by atoms with Crippen LogP contribution in [0.5, 0.6) is 5.75 Å². The summed E-state index contributed by atoms with van der Waals surface area (Å²) < 4.78 is 19.8. The molecule has 24 heavy (non-hydrogen) atoms. The molecule has 0 bridgehead atoms. The molecule has 0 aliphatic carbocycles. The number of aromatic nitrogens is 1. The van der Waals surface area contributed by atoms with Gasteiger partial charge < -0.3 is 10.1 Å². The Morgan fingerprint density at radius 2 is 2.17 bits per heavy atom. The molecule has 8 heteroatoms. The molecule has 0 aliphatic heterocycles. The van der Waals surface area contributed by atoms with Crippen molar-refractivity contribution in [3.8, 4) is 17.0 Å². The zero-order valence-electron chi connectivity index (χ0n) is 13.5. The number of halogens is 3. The number of rotatable bonds is 5. The third-order valence-electron chi connectivity index (χ3n) is 2.82. The number of thiazole rings is 1. The van der Waals surface area contributed by atoms with Crippen molar-refractivity contribution >= 4 is 49.9 Å². The molecule has 0 saturated heterocycles. The average molecular weight is 436 g/mol. The van der Waals surface area contributed by atoms with E-state index in [1.807, 2.05) is 20.8 Å². The van der Waals surface area contributed by atoms with Crippen molar-refractivity contribution in [3.05, 3.63) is 28.4 Å². The number of carbonyl (C=O) groups is 1. The SMILES string of the molecule is CC(C)(C)COc1c(F)cc(-c2csc(NC(=O)CBr)n2)cc1Cl. The van der Waals surface area contributed by atoms with E-state index in [1.165, 1.54) is 17.4 Å². The van der Waals surface area contributed by atoms with Crippen LogP contribution in [0, 0.1) is 11.2 Å². The minimum Gasteiger partial charge on any atom is -0.488 e. The molecule has 0 aliphatic rings. The van der Waals surface area contributed by atoms with E-state index < -0.39 is 5.82 Å². The van der Waals surface area contributed by atoms with Crippen LogP contribution in [0.4, 0.5) is 9.52 Å². The molecule has 130 valence electrons. The van der Waals surface area contributed by atoms with Gasteiger partial charge in [0.05, 0.1) is 22.7 Å². The van der Waals surface area contributed by atoms with Crippen molar-refractivity contribution in [1.82, 2.24) is 4.98 Å². The Morgan fingerprint density at radius 1 is 1.46 bits per heavy atom. The lowest BCUT2D eigenvalue weighted by Gasteiger charge is -2.20. The predicted molar refractivity (Wildman–Crippen MR) is 99.9 cm³/mol. The number of ether oxygens (including phenoxy) is 1. The third kappa shape index (κ3) is 5.16. The Labute approximate surface area is 157 Å². The zero-order valence-corrected chi connectivity index (χ0v) is 16.6. The Balaban J connectivity index is 2.22. The van der Waals surface area contributed by atoms with E-state index in [0.29, 0.717) is 23.0 Å². The molecule has 1 amide bonds. The lowest BCUT2D eigenvalue weighted by Crippen LogP contribution is -2.17. The number of alkyl halides is 1. The highest BCUT2D eigenvalue weighted by Crippen LogP contribution is 2.35. The first-order valence-electron chi connectivity index (χ1n) is 7.13. The van der Waals surface area contributed by atoms with Crippen molar-refractivity contribution in [3.63, 3.8) is 0 Å². The summed E-state index contributed by atoms with van der Waals surface area (Å²) in [5.41, 5.74) is 0.954. The van der Waals surface area contributed by atoms with Gasteiger partial charge >= 0.3 is 0 Å². The molecule has 0 saturated carbocycles. The molecule has 1 heterocycles. The maximum absolute atomic E-state index is 14.3. The van der Waals surface area contributed by atoms with Gasteiger partial charge in [0.1, 0.15) is 0 Å². The molecule has 0 radical (unpaired) electrons. The number of hydrogen-bond donors (Lipinski definition) is 1. The van der Waals surface area contributed by atoms with Gasteiger partial charge in [0.2, 0.25) is 5.91 Å². The largest absolute Gasteiger partial charge is 0.488 e. The van der Waals surface area contributed by atoms with Crippen molar-refractivity contribution in [2.24, 2.45) is 5.41 Å². The molecule has 0 unspecified atom stereocenters. The fourth-order valence-corrected chi connectivity index (χ4v) is 2.89. The van der Waals surface area contributed by atoms with Gasteiger partial charge in [-0.25, -0.2) is 9.37 Å². The van der Waals surface area contributed by atoms with E-state index in [0.717, 1.165) is 0 Å². The molecule has 4 nitrogen and oxygen atoms in total. The molecule has 2 rings (SSSR count). The number of benzene rings is 1. The van der Waals surface area contributed by atoms with Crippen LogP contribution in [0.2, 0.25) is 5.02 Å². The summed E-state index contributed by atoms with van der Waals surface area (Å²) in [7, 11) is 0. The van der Waals surface area contributed by atoms with E-state index in [9.17, 15) is 9.18 Å². The minimum absolute atomic E-state index is 0.0402. The quantitative estimate of drug-likeness (QED) is 0.643. The van der Waals surface area contributed by atoms with E-state index in [1.54, 1.807) is 11.4 Å². The lowest BCUT2D eigenvalue weighted by atomic mass is 9.99. The fourth-order valence-electron chi connectivity index (χ4n) is 1.75. The minimum atomic E-state index is -0.541. The molecular weight excluding hydrogens is 419 g/mol. The normalized spacial score (nSPS) is 11.4. The molecule has 2 aromatic rings. The summed E-state index contributed by atoms with van der Waals surface area (Å²) in [5, 5.41) is 5.17. The van der Waals surface area contributed by atoms with Crippen molar-refractivity contribution in [2.75, 3.05) is 17.3 Å². The second-order valence-corrected chi connectivity index (χ2v) is 8.16. The van der Waals surface area contributed by atoms with Crippen molar-refractivity contribution < 1.29 is 13.9 Å². The van der Waals surface area contributed by atoms with Gasteiger partial charge in [-0.3, -0.25) is 4.79 Å². The van der Waals surface area contributed by atoms with E-state index in [4.69, 9.17) is 16.3 Å². The molecule has 1 aromatic carbocycles. The standard InChI is InChI=1S/C16H17BrClFN2O2S/c1-16(2,3)8-23-14-10(18)4-9(5-11(14)19)12-7-24-15(20-12)21-13(22)6-17/h4-5,7H,6,8H2,1-3H3,(H,20,21,22). The summed E-state index contributed by atoms with van der Waals surface area (Å²) in [6.07, 6.45) is 0. The number of anilines is 1. The number of nitrogens with one attached hydrogen (secondary N) is 1. The first-order valence-corrected chi connectivity index (χ1v) is 9.51. The number of amides is 1. The average Bonchev–Trinajstić information content (AvgIpc) is 2.93. The second-order valence-electron chi connectivity index (χ2n) is 6.34. The third-order valence-corrected chi connectivity index (χ3v) is 4.36. The Bertz CT molecular complexity index is 723. The maximum atomic E-state index is 14.3. The highest BCUT2D eigenvalue weighted by molar-refractivity contribution is 9.09. The van der Waals surface area contributed by atoms with Gasteiger partial charge in [-0.1, -0.05) is 48.3 Å². The van der Waals surface area contributed by atoms with Crippen LogP contribution >= 0.6 is 38.9 Å². The number of carbonyl (C=O) groups excluding carboxylic acids is 1. The first-order chi connectivity index (χ1) is 11.2. The topological polar surface area (TPSA) is 51.2 Å². The molecule has 0 atom stereocenters. The van der Waals surface area contributed by atoms with Crippen LogP contribution in [0.15, 0.2) is 17.5 Å². The van der Waals surface area contributed by atoms with E-state index in [-0.39, 0.29) is 27.4 Å². The smallest absolute Gasteiger partial charge is 0.236 e. The zero-order chi connectivity index (χ0) is 17.9. The first kappa shape index (κ1) is 19.1. The van der Waals surface area contributed by atoms with E-state index >= 15 is 0 Å². The van der Waals surface area contributed by atoms with Gasteiger partial charge in [0.25, 0.3) is 0 Å². The molecule has 0 spiro atoms. The van der Waals surface area contributed by atoms with Crippen LogP contribution in [-0.4, -0.2) is 22.8 Å². The molecule has 1 N–H and O–H groups in total. The van der Waals surface area contributed by atoms with Crippen LogP contribution in [-0.2, 0) is 4.79 Å². The summed E-state index contributed by atoms with van der Waals surface area (Å²) >= 11 is 10.5. The van der Waals surface area contributed by atoms with Crippen LogP contribution in [0.3, 0.4) is 0 Å². The van der Waals surface area contributed by atoms with Crippen molar-refractivity contribution in [2.45, 2.75) is 20.8 Å². The fraction of sp³-hybridized carbons (Fsp3) is 0.375. The predicted octanol–water partition coefficient (Wildman–Crippen LogP) is 5.36. The second kappa shape index (κ2) is 7.80. The highest BCUT2D eigenvalue weighted by Gasteiger charge is 2.18.